The van der Waals surface area contributed by atoms with Gasteiger partial charge in [0.2, 0.25) is 5.89 Å². The second-order valence-corrected chi connectivity index (χ2v) is 4.65. The maximum Gasteiger partial charge on any atom is 0.230 e. The van der Waals surface area contributed by atoms with Crippen LogP contribution in [-0.4, -0.2) is 23.7 Å². The SMILES string of the molecule is CNCCc1noc(C2CC2(C)C)n1. The minimum absolute atomic E-state index is 0.368. The van der Waals surface area contributed by atoms with Gasteiger partial charge in [0.15, 0.2) is 5.82 Å². The normalized spacial score (nSPS) is 23.8. The lowest BCUT2D eigenvalue weighted by molar-refractivity contribution is 0.363. The summed E-state index contributed by atoms with van der Waals surface area (Å²) in [4.78, 5) is 4.39. The van der Waals surface area contributed by atoms with Gasteiger partial charge in [-0.25, -0.2) is 0 Å². The Hall–Kier alpha value is -0.900. The first-order chi connectivity index (χ1) is 6.63. The molecule has 1 fully saturated rings. The Bertz CT molecular complexity index is 319. The summed E-state index contributed by atoms with van der Waals surface area (Å²) in [5.41, 5.74) is 0.368. The largest absolute Gasteiger partial charge is 0.339 e. The van der Waals surface area contributed by atoms with Gasteiger partial charge < -0.3 is 9.84 Å². The standard InChI is InChI=1S/C10H17N3O/c1-10(2)6-7(10)9-12-8(13-14-9)4-5-11-3/h7,11H,4-6H2,1-3H3. The van der Waals surface area contributed by atoms with E-state index in [-0.39, 0.29) is 0 Å². The Morgan fingerprint density at radius 3 is 2.86 bits per heavy atom. The average Bonchev–Trinajstić information content (AvgIpc) is 2.63. The zero-order valence-corrected chi connectivity index (χ0v) is 9.00. The van der Waals surface area contributed by atoms with Crippen LogP contribution in [0.5, 0.6) is 0 Å². The molecular formula is C10H17N3O. The van der Waals surface area contributed by atoms with Gasteiger partial charge >= 0.3 is 0 Å². The number of hydrogen-bond acceptors (Lipinski definition) is 4. The highest BCUT2D eigenvalue weighted by Gasteiger charge is 2.50. The van der Waals surface area contributed by atoms with Gasteiger partial charge in [0, 0.05) is 18.9 Å². The summed E-state index contributed by atoms with van der Waals surface area (Å²) < 4.78 is 5.23. The van der Waals surface area contributed by atoms with E-state index >= 15 is 0 Å². The molecule has 0 aliphatic heterocycles. The van der Waals surface area contributed by atoms with Crippen LogP contribution in [0.1, 0.15) is 37.9 Å². The van der Waals surface area contributed by atoms with Crippen molar-refractivity contribution in [1.29, 1.82) is 0 Å². The Labute approximate surface area is 84.1 Å². The Kier molecular flexibility index (Phi) is 2.31. The monoisotopic (exact) mass is 195 g/mol. The molecule has 1 aliphatic rings. The van der Waals surface area contributed by atoms with Crippen molar-refractivity contribution in [2.75, 3.05) is 13.6 Å². The van der Waals surface area contributed by atoms with Crippen LogP contribution in [0.15, 0.2) is 4.52 Å². The van der Waals surface area contributed by atoms with E-state index < -0.39 is 0 Å². The number of nitrogens with zero attached hydrogens (tertiary/aromatic N) is 2. The van der Waals surface area contributed by atoms with Crippen LogP contribution in [0.4, 0.5) is 0 Å². The van der Waals surface area contributed by atoms with Gasteiger partial charge in [-0.1, -0.05) is 19.0 Å². The molecule has 1 unspecified atom stereocenters. The van der Waals surface area contributed by atoms with E-state index in [2.05, 4.69) is 29.3 Å². The number of likely N-dealkylation sites (N-methyl/N-ethyl adjacent to an activating group) is 1. The molecule has 1 heterocycles. The molecular weight excluding hydrogens is 178 g/mol. The molecule has 1 saturated carbocycles. The van der Waals surface area contributed by atoms with E-state index in [4.69, 9.17) is 4.52 Å². The van der Waals surface area contributed by atoms with Crippen molar-refractivity contribution in [2.24, 2.45) is 5.41 Å². The van der Waals surface area contributed by atoms with Gasteiger partial charge in [-0.15, -0.1) is 0 Å². The first-order valence-corrected chi connectivity index (χ1v) is 5.10. The molecule has 2 rings (SSSR count). The summed E-state index contributed by atoms with van der Waals surface area (Å²) in [6, 6.07) is 0. The van der Waals surface area contributed by atoms with Gasteiger partial charge in [-0.2, -0.15) is 4.98 Å². The minimum Gasteiger partial charge on any atom is -0.339 e. The van der Waals surface area contributed by atoms with Crippen LogP contribution < -0.4 is 5.32 Å². The fourth-order valence-corrected chi connectivity index (χ4v) is 1.64. The van der Waals surface area contributed by atoms with E-state index in [9.17, 15) is 0 Å². The predicted octanol–water partition coefficient (Wildman–Crippen LogP) is 1.34. The van der Waals surface area contributed by atoms with E-state index in [1.54, 1.807) is 0 Å². The van der Waals surface area contributed by atoms with Gasteiger partial charge in [-0.3, -0.25) is 0 Å². The molecule has 1 aliphatic carbocycles. The van der Waals surface area contributed by atoms with Crippen molar-refractivity contribution < 1.29 is 4.52 Å². The molecule has 78 valence electrons. The van der Waals surface area contributed by atoms with Crippen LogP contribution >= 0.6 is 0 Å². The summed E-state index contributed by atoms with van der Waals surface area (Å²) in [6.07, 6.45) is 2.01. The fourth-order valence-electron chi connectivity index (χ4n) is 1.64. The maximum absolute atomic E-state index is 5.23. The zero-order valence-electron chi connectivity index (χ0n) is 9.00. The summed E-state index contributed by atoms with van der Waals surface area (Å²) in [5, 5.41) is 7.02. The molecule has 0 radical (unpaired) electrons. The third-order valence-electron chi connectivity index (χ3n) is 2.89. The summed E-state index contributed by atoms with van der Waals surface area (Å²) >= 11 is 0. The number of rotatable bonds is 4. The highest BCUT2D eigenvalue weighted by Crippen LogP contribution is 2.57. The average molecular weight is 195 g/mol. The first-order valence-electron chi connectivity index (χ1n) is 5.10. The molecule has 0 bridgehead atoms. The van der Waals surface area contributed by atoms with Crippen molar-refractivity contribution in [3.63, 3.8) is 0 Å². The van der Waals surface area contributed by atoms with Crippen molar-refractivity contribution >= 4 is 0 Å². The van der Waals surface area contributed by atoms with Crippen LogP contribution in [-0.2, 0) is 6.42 Å². The molecule has 1 aromatic rings. The number of aromatic nitrogens is 2. The highest BCUT2D eigenvalue weighted by molar-refractivity contribution is 5.12. The van der Waals surface area contributed by atoms with E-state index in [0.29, 0.717) is 11.3 Å². The van der Waals surface area contributed by atoms with E-state index in [1.165, 1.54) is 6.42 Å². The van der Waals surface area contributed by atoms with E-state index in [0.717, 1.165) is 24.7 Å². The van der Waals surface area contributed by atoms with Crippen LogP contribution in [0.3, 0.4) is 0 Å². The fraction of sp³-hybridized carbons (Fsp3) is 0.800. The number of nitrogens with one attached hydrogen (secondary N) is 1. The van der Waals surface area contributed by atoms with Gasteiger partial charge in [0.1, 0.15) is 0 Å². The predicted molar refractivity (Wildman–Crippen MR) is 53.1 cm³/mol. The van der Waals surface area contributed by atoms with Crippen molar-refractivity contribution in [2.45, 2.75) is 32.6 Å². The molecule has 1 N–H and O–H groups in total. The van der Waals surface area contributed by atoms with Crippen LogP contribution in [0.2, 0.25) is 0 Å². The topological polar surface area (TPSA) is 51.0 Å². The lowest BCUT2D eigenvalue weighted by Crippen LogP contribution is -2.11. The lowest BCUT2D eigenvalue weighted by atomic mass is 10.1. The maximum atomic E-state index is 5.23. The Balaban J connectivity index is 1.97. The van der Waals surface area contributed by atoms with Crippen molar-refractivity contribution in [3.8, 4) is 0 Å². The second-order valence-electron chi connectivity index (χ2n) is 4.65. The zero-order chi connectivity index (χ0) is 10.2. The third-order valence-corrected chi connectivity index (χ3v) is 2.89. The molecule has 0 amide bonds. The molecule has 0 saturated heterocycles. The van der Waals surface area contributed by atoms with Crippen molar-refractivity contribution in [3.05, 3.63) is 11.7 Å². The second kappa shape index (κ2) is 3.35. The smallest absolute Gasteiger partial charge is 0.230 e. The molecule has 0 spiro atoms. The summed E-state index contributed by atoms with van der Waals surface area (Å²) in [5.74, 6) is 2.12. The minimum atomic E-state index is 0.368. The van der Waals surface area contributed by atoms with Gasteiger partial charge in [0.05, 0.1) is 0 Å². The summed E-state index contributed by atoms with van der Waals surface area (Å²) in [7, 11) is 1.92. The molecule has 1 aromatic heterocycles. The molecule has 4 nitrogen and oxygen atoms in total. The van der Waals surface area contributed by atoms with Crippen LogP contribution in [0, 0.1) is 5.41 Å². The first kappa shape index (κ1) is 9.65. The van der Waals surface area contributed by atoms with Gasteiger partial charge in [0.25, 0.3) is 0 Å². The number of hydrogen-bond donors (Lipinski definition) is 1. The quantitative estimate of drug-likeness (QED) is 0.787. The molecule has 0 aromatic carbocycles. The molecule has 14 heavy (non-hydrogen) atoms. The molecule has 4 heteroatoms. The molecule has 1 atom stereocenters. The van der Waals surface area contributed by atoms with E-state index in [1.807, 2.05) is 7.05 Å². The lowest BCUT2D eigenvalue weighted by Gasteiger charge is -1.95. The Morgan fingerprint density at radius 1 is 1.57 bits per heavy atom. The Morgan fingerprint density at radius 2 is 2.29 bits per heavy atom. The highest BCUT2D eigenvalue weighted by atomic mass is 16.5. The van der Waals surface area contributed by atoms with Gasteiger partial charge in [-0.05, 0) is 18.9 Å². The van der Waals surface area contributed by atoms with Crippen LogP contribution in [0.25, 0.3) is 0 Å². The summed E-state index contributed by atoms with van der Waals surface area (Å²) in [6.45, 7) is 5.36. The third kappa shape index (κ3) is 1.80. The van der Waals surface area contributed by atoms with Crippen molar-refractivity contribution in [1.82, 2.24) is 15.5 Å².